The highest BCUT2D eigenvalue weighted by Crippen LogP contribution is 2.26. The molecule has 1 aromatic carbocycles. The molecule has 0 aliphatic heterocycles. The lowest BCUT2D eigenvalue weighted by Gasteiger charge is -2.21. The highest BCUT2D eigenvalue weighted by atomic mass is 16.5. The van der Waals surface area contributed by atoms with Crippen molar-refractivity contribution in [3.8, 4) is 5.75 Å². The van der Waals surface area contributed by atoms with Gasteiger partial charge in [0.1, 0.15) is 11.6 Å². The smallest absolute Gasteiger partial charge is 0.347 e. The van der Waals surface area contributed by atoms with Crippen molar-refractivity contribution in [1.82, 2.24) is 9.97 Å². The van der Waals surface area contributed by atoms with Gasteiger partial charge in [0.2, 0.25) is 0 Å². The molecule has 2 N–H and O–H groups in total. The third kappa shape index (κ3) is 2.16. The molecular formula is C13H16N2O3. The van der Waals surface area contributed by atoms with Gasteiger partial charge in [-0.15, -0.1) is 0 Å². The molecule has 0 aliphatic carbocycles. The van der Waals surface area contributed by atoms with E-state index < -0.39 is 11.6 Å². The summed E-state index contributed by atoms with van der Waals surface area (Å²) in [5, 5.41) is 9.04. The zero-order valence-corrected chi connectivity index (χ0v) is 10.9. The molecule has 0 unspecified atom stereocenters. The number of hydrogen-bond donors (Lipinski definition) is 2. The van der Waals surface area contributed by atoms with E-state index in [1.54, 1.807) is 12.1 Å². The predicted molar refractivity (Wildman–Crippen MR) is 67.9 cm³/mol. The number of hydrogen-bond acceptors (Lipinski definition) is 3. The quantitative estimate of drug-likeness (QED) is 0.874. The van der Waals surface area contributed by atoms with E-state index in [1.165, 1.54) is 13.8 Å². The first-order chi connectivity index (χ1) is 8.29. The number of aromatic amines is 1. The second-order valence-corrected chi connectivity index (χ2v) is 4.88. The summed E-state index contributed by atoms with van der Waals surface area (Å²) in [5.41, 5.74) is 1.43. The van der Waals surface area contributed by atoms with Gasteiger partial charge in [-0.1, -0.05) is 0 Å². The molecule has 2 rings (SSSR count). The van der Waals surface area contributed by atoms with Crippen LogP contribution in [0, 0.1) is 13.8 Å². The minimum Gasteiger partial charge on any atom is -0.478 e. The fourth-order valence-electron chi connectivity index (χ4n) is 1.78. The molecule has 0 bridgehead atoms. The van der Waals surface area contributed by atoms with Crippen LogP contribution in [-0.4, -0.2) is 26.6 Å². The Labute approximate surface area is 105 Å². The number of benzene rings is 1. The molecule has 0 radical (unpaired) electrons. The molecule has 0 spiro atoms. The van der Waals surface area contributed by atoms with Crippen LogP contribution in [-0.2, 0) is 4.79 Å². The monoisotopic (exact) mass is 248 g/mol. The van der Waals surface area contributed by atoms with Gasteiger partial charge in [-0.2, -0.15) is 0 Å². The van der Waals surface area contributed by atoms with E-state index in [9.17, 15) is 4.79 Å². The van der Waals surface area contributed by atoms with Crippen LogP contribution >= 0.6 is 0 Å². The van der Waals surface area contributed by atoms with Gasteiger partial charge in [0.25, 0.3) is 0 Å². The third-order valence-electron chi connectivity index (χ3n) is 2.76. The number of aliphatic carboxylic acids is 1. The molecule has 0 saturated carbocycles. The number of carboxylic acids is 1. The number of aromatic nitrogens is 2. The van der Waals surface area contributed by atoms with Crippen LogP contribution in [0.2, 0.25) is 0 Å². The summed E-state index contributed by atoms with van der Waals surface area (Å²) in [6, 6.07) is 3.57. The Balaban J connectivity index is 2.44. The van der Waals surface area contributed by atoms with E-state index in [4.69, 9.17) is 9.84 Å². The summed E-state index contributed by atoms with van der Waals surface area (Å²) in [7, 11) is 0. The number of fused-ring (bicyclic) bond motifs is 1. The van der Waals surface area contributed by atoms with Crippen molar-refractivity contribution in [2.45, 2.75) is 33.3 Å². The van der Waals surface area contributed by atoms with Crippen LogP contribution in [0.3, 0.4) is 0 Å². The highest BCUT2D eigenvalue weighted by molar-refractivity contribution is 5.81. The number of H-pyrrole nitrogens is 1. The molecule has 1 aromatic heterocycles. The van der Waals surface area contributed by atoms with Crippen LogP contribution in [0.1, 0.15) is 25.2 Å². The van der Waals surface area contributed by atoms with Crippen LogP contribution < -0.4 is 4.74 Å². The first-order valence-electron chi connectivity index (χ1n) is 5.69. The number of carbonyl (C=O) groups is 1. The Hall–Kier alpha value is -2.04. The van der Waals surface area contributed by atoms with E-state index in [1.807, 2.05) is 13.8 Å². The lowest BCUT2D eigenvalue weighted by molar-refractivity contribution is -0.152. The average molecular weight is 248 g/mol. The predicted octanol–water partition coefficient (Wildman–Crippen LogP) is 2.42. The van der Waals surface area contributed by atoms with Crippen molar-refractivity contribution < 1.29 is 14.6 Å². The van der Waals surface area contributed by atoms with Crippen molar-refractivity contribution in [2.24, 2.45) is 0 Å². The molecule has 0 amide bonds. The minimum absolute atomic E-state index is 0.524. The topological polar surface area (TPSA) is 75.2 Å². The molecule has 0 saturated heterocycles. The number of ether oxygens (including phenoxy) is 1. The third-order valence-corrected chi connectivity index (χ3v) is 2.76. The van der Waals surface area contributed by atoms with Crippen LogP contribution in [0.5, 0.6) is 5.75 Å². The van der Waals surface area contributed by atoms with Crippen molar-refractivity contribution in [3.05, 3.63) is 23.5 Å². The summed E-state index contributed by atoms with van der Waals surface area (Å²) in [4.78, 5) is 18.5. The van der Waals surface area contributed by atoms with Crippen molar-refractivity contribution in [3.63, 3.8) is 0 Å². The molecule has 2 aromatic rings. The highest BCUT2D eigenvalue weighted by Gasteiger charge is 2.29. The van der Waals surface area contributed by atoms with Gasteiger partial charge in [-0.05, 0) is 39.3 Å². The Morgan fingerprint density at radius 3 is 2.67 bits per heavy atom. The fraction of sp³-hybridized carbons (Fsp3) is 0.385. The van der Waals surface area contributed by atoms with Crippen LogP contribution in [0.4, 0.5) is 0 Å². The maximum atomic E-state index is 11.0. The van der Waals surface area contributed by atoms with Gasteiger partial charge >= 0.3 is 5.97 Å². The van der Waals surface area contributed by atoms with Gasteiger partial charge < -0.3 is 14.8 Å². The van der Waals surface area contributed by atoms with Gasteiger partial charge in [-0.3, -0.25) is 0 Å². The number of nitrogens with zero attached hydrogens (tertiary/aromatic N) is 1. The van der Waals surface area contributed by atoms with Crippen LogP contribution in [0.15, 0.2) is 12.1 Å². The molecule has 0 fully saturated rings. The Morgan fingerprint density at radius 1 is 1.39 bits per heavy atom. The number of aryl methyl sites for hydroxylation is 2. The fourth-order valence-corrected chi connectivity index (χ4v) is 1.78. The first kappa shape index (κ1) is 12.4. The van der Waals surface area contributed by atoms with E-state index >= 15 is 0 Å². The molecule has 96 valence electrons. The van der Waals surface area contributed by atoms with E-state index in [0.29, 0.717) is 5.75 Å². The largest absolute Gasteiger partial charge is 0.478 e. The lowest BCUT2D eigenvalue weighted by atomic mass is 10.1. The summed E-state index contributed by atoms with van der Waals surface area (Å²) < 4.78 is 5.51. The zero-order chi connectivity index (χ0) is 13.5. The Kier molecular flexibility index (Phi) is 2.77. The zero-order valence-electron chi connectivity index (χ0n) is 10.9. The van der Waals surface area contributed by atoms with Crippen molar-refractivity contribution >= 4 is 17.0 Å². The molecule has 0 atom stereocenters. The number of imidazole rings is 1. The van der Waals surface area contributed by atoms with Gasteiger partial charge in [0.05, 0.1) is 11.0 Å². The van der Waals surface area contributed by atoms with Gasteiger partial charge in [-0.25, -0.2) is 9.78 Å². The second kappa shape index (κ2) is 4.01. The molecule has 5 heteroatoms. The van der Waals surface area contributed by atoms with E-state index in [0.717, 1.165) is 22.4 Å². The molecule has 18 heavy (non-hydrogen) atoms. The normalized spacial score (nSPS) is 11.8. The van der Waals surface area contributed by atoms with E-state index in [2.05, 4.69) is 9.97 Å². The van der Waals surface area contributed by atoms with Gasteiger partial charge in [0.15, 0.2) is 5.60 Å². The Morgan fingerprint density at radius 2 is 2.06 bits per heavy atom. The number of rotatable bonds is 3. The first-order valence-corrected chi connectivity index (χ1v) is 5.69. The molecule has 0 aliphatic rings. The standard InChI is InChI=1S/C13H16N2O3/c1-7-5-9(18-13(3,4)12(16)17)6-10-11(7)15-8(2)14-10/h5-6H,1-4H3,(H,14,15)(H,16,17). The average Bonchev–Trinajstić information content (AvgIpc) is 2.58. The second-order valence-electron chi connectivity index (χ2n) is 4.88. The maximum Gasteiger partial charge on any atom is 0.347 e. The summed E-state index contributed by atoms with van der Waals surface area (Å²) in [6.07, 6.45) is 0. The lowest BCUT2D eigenvalue weighted by Crippen LogP contribution is -2.37. The van der Waals surface area contributed by atoms with E-state index in [-0.39, 0.29) is 0 Å². The van der Waals surface area contributed by atoms with Gasteiger partial charge in [0, 0.05) is 6.07 Å². The van der Waals surface area contributed by atoms with Crippen molar-refractivity contribution in [2.75, 3.05) is 0 Å². The SMILES string of the molecule is Cc1nc2c(C)cc(OC(C)(C)C(=O)O)cc2[nH]1. The molecule has 5 nitrogen and oxygen atoms in total. The number of carboxylic acid groups (broad SMARTS) is 1. The van der Waals surface area contributed by atoms with Crippen LogP contribution in [0.25, 0.3) is 11.0 Å². The number of nitrogens with one attached hydrogen (secondary N) is 1. The summed E-state index contributed by atoms with van der Waals surface area (Å²) in [6.45, 7) is 6.84. The maximum absolute atomic E-state index is 11.0. The Bertz CT molecular complexity index is 614. The molecular weight excluding hydrogens is 232 g/mol. The summed E-state index contributed by atoms with van der Waals surface area (Å²) >= 11 is 0. The molecule has 1 heterocycles. The summed E-state index contributed by atoms with van der Waals surface area (Å²) in [5.74, 6) is 0.347. The van der Waals surface area contributed by atoms with Crippen molar-refractivity contribution in [1.29, 1.82) is 0 Å². The minimum atomic E-state index is -1.25.